The summed E-state index contributed by atoms with van der Waals surface area (Å²) in [6.45, 7) is 2.92. The average molecular weight is 560 g/mol. The van der Waals surface area contributed by atoms with Crippen molar-refractivity contribution in [2.75, 3.05) is 33.4 Å². The predicted molar refractivity (Wildman–Crippen MR) is 149 cm³/mol. The minimum Gasteiger partial charge on any atom is -0.383 e. The second kappa shape index (κ2) is 14.5. The first-order valence-corrected chi connectivity index (χ1v) is 12.8. The molecule has 0 aliphatic heterocycles. The van der Waals surface area contributed by atoms with Gasteiger partial charge in [-0.2, -0.15) is 5.26 Å². The third kappa shape index (κ3) is 8.72. The Balaban J connectivity index is 1.56. The van der Waals surface area contributed by atoms with E-state index in [-0.39, 0.29) is 12.3 Å². The summed E-state index contributed by atoms with van der Waals surface area (Å²) in [5.41, 5.74) is 3.25. The van der Waals surface area contributed by atoms with E-state index in [1.807, 2.05) is 33.7 Å². The van der Waals surface area contributed by atoms with Crippen LogP contribution in [0.3, 0.4) is 0 Å². The van der Waals surface area contributed by atoms with Gasteiger partial charge in [-0.25, -0.2) is 4.98 Å². The maximum Gasteiger partial charge on any atom is 0.226 e. The molecule has 8 nitrogen and oxygen atoms in total. The summed E-state index contributed by atoms with van der Waals surface area (Å²) in [6.07, 6.45) is 3.57. The molecule has 0 aliphatic carbocycles. The number of hydrogen-bond donors (Lipinski definition) is 2. The number of halogens is 2. The first kappa shape index (κ1) is 28.4. The minimum atomic E-state index is -0.124. The van der Waals surface area contributed by atoms with Gasteiger partial charge in [0.15, 0.2) is 5.11 Å². The Morgan fingerprint density at radius 3 is 2.70 bits per heavy atom. The van der Waals surface area contributed by atoms with E-state index in [1.54, 1.807) is 37.8 Å². The monoisotopic (exact) mass is 558 g/mol. The van der Waals surface area contributed by atoms with Crippen LogP contribution in [0.1, 0.15) is 22.4 Å². The van der Waals surface area contributed by atoms with Crippen LogP contribution in [-0.4, -0.2) is 58.8 Å². The average Bonchev–Trinajstić information content (AvgIpc) is 3.32. The number of carbonyl (C=O) groups excluding carboxylic acids is 1. The fourth-order valence-corrected chi connectivity index (χ4v) is 4.21. The number of ether oxygens (including phenoxy) is 1. The van der Waals surface area contributed by atoms with Crippen LogP contribution < -0.4 is 10.6 Å². The minimum absolute atomic E-state index is 0.124. The van der Waals surface area contributed by atoms with Crippen molar-refractivity contribution in [2.45, 2.75) is 19.5 Å². The van der Waals surface area contributed by atoms with Gasteiger partial charge in [-0.15, -0.1) is 0 Å². The molecule has 11 heteroatoms. The lowest BCUT2D eigenvalue weighted by atomic mass is 10.1. The van der Waals surface area contributed by atoms with Crippen LogP contribution in [0.15, 0.2) is 55.0 Å². The number of hydrogen-bond acceptors (Lipinski definition) is 5. The number of aromatic nitrogens is 2. The molecule has 2 N–H and O–H groups in total. The van der Waals surface area contributed by atoms with Crippen LogP contribution in [0.25, 0.3) is 0 Å². The van der Waals surface area contributed by atoms with Gasteiger partial charge in [0.25, 0.3) is 0 Å². The van der Waals surface area contributed by atoms with Crippen LogP contribution in [0, 0.1) is 11.3 Å². The first-order valence-electron chi connectivity index (χ1n) is 11.6. The zero-order valence-corrected chi connectivity index (χ0v) is 22.7. The summed E-state index contributed by atoms with van der Waals surface area (Å²) in [7, 11) is 1.63. The SMILES string of the molecule is COCCNC(=S)N(CCNC(=O)Cc1cncn1Cc1ccc(C#N)cc1)Cc1cccc(Cl)c1Cl. The van der Waals surface area contributed by atoms with Crippen LogP contribution in [0.5, 0.6) is 0 Å². The molecule has 3 rings (SSSR count). The number of imidazole rings is 1. The molecule has 0 radical (unpaired) electrons. The van der Waals surface area contributed by atoms with Crippen LogP contribution >= 0.6 is 35.4 Å². The van der Waals surface area contributed by atoms with Crippen molar-refractivity contribution in [2.24, 2.45) is 0 Å². The highest BCUT2D eigenvalue weighted by atomic mass is 35.5. The van der Waals surface area contributed by atoms with Gasteiger partial charge in [0.1, 0.15) is 0 Å². The van der Waals surface area contributed by atoms with E-state index in [9.17, 15) is 4.79 Å². The number of methoxy groups -OCH3 is 1. The third-order valence-corrected chi connectivity index (χ3v) is 6.80. The van der Waals surface area contributed by atoms with E-state index in [2.05, 4.69) is 21.7 Å². The maximum atomic E-state index is 12.7. The van der Waals surface area contributed by atoms with Crippen LogP contribution in [-0.2, 0) is 29.0 Å². The van der Waals surface area contributed by atoms with Gasteiger partial charge in [-0.3, -0.25) is 4.79 Å². The lowest BCUT2D eigenvalue weighted by Crippen LogP contribution is -2.44. The molecule has 1 heterocycles. The molecule has 0 saturated heterocycles. The summed E-state index contributed by atoms with van der Waals surface area (Å²) >= 11 is 18.1. The van der Waals surface area contributed by atoms with Crippen molar-refractivity contribution in [3.63, 3.8) is 0 Å². The maximum absolute atomic E-state index is 12.7. The van der Waals surface area contributed by atoms with Crippen molar-refractivity contribution in [3.8, 4) is 6.07 Å². The number of carbonyl (C=O) groups is 1. The van der Waals surface area contributed by atoms with Gasteiger partial charge in [0.2, 0.25) is 5.91 Å². The fraction of sp³-hybridized carbons (Fsp3) is 0.308. The Morgan fingerprint density at radius 2 is 1.97 bits per heavy atom. The summed E-state index contributed by atoms with van der Waals surface area (Å²) in [4.78, 5) is 18.8. The van der Waals surface area contributed by atoms with E-state index in [1.165, 1.54) is 0 Å². The van der Waals surface area contributed by atoms with Gasteiger partial charge in [0, 0.05) is 51.7 Å². The van der Waals surface area contributed by atoms with Crippen molar-refractivity contribution >= 4 is 46.4 Å². The molecule has 194 valence electrons. The summed E-state index contributed by atoms with van der Waals surface area (Å²) < 4.78 is 7.01. The van der Waals surface area contributed by atoms with Crippen molar-refractivity contribution in [1.29, 1.82) is 5.26 Å². The van der Waals surface area contributed by atoms with E-state index >= 15 is 0 Å². The molecule has 1 amide bonds. The lowest BCUT2D eigenvalue weighted by molar-refractivity contribution is -0.120. The van der Waals surface area contributed by atoms with Crippen molar-refractivity contribution in [1.82, 2.24) is 25.1 Å². The highest BCUT2D eigenvalue weighted by molar-refractivity contribution is 7.80. The van der Waals surface area contributed by atoms with Crippen molar-refractivity contribution in [3.05, 3.63) is 87.4 Å². The molecule has 0 aliphatic rings. The summed E-state index contributed by atoms with van der Waals surface area (Å²) in [5, 5.41) is 16.6. The Bertz CT molecular complexity index is 1240. The quantitative estimate of drug-likeness (QED) is 0.258. The normalized spacial score (nSPS) is 10.5. The standard InChI is InChI=1S/C26H28Cl2N6O2S/c1-36-12-10-32-26(37)33(17-21-3-2-4-23(27)25(21)28)11-9-31-24(35)13-22-15-30-18-34(22)16-20-7-5-19(14-29)6-8-20/h2-8,15,18H,9-13,16-17H2,1H3,(H,31,35)(H,32,37). The van der Waals surface area contributed by atoms with Gasteiger partial charge in [-0.1, -0.05) is 47.5 Å². The number of nitriles is 1. The molecule has 3 aromatic rings. The van der Waals surface area contributed by atoms with Gasteiger partial charge >= 0.3 is 0 Å². The lowest BCUT2D eigenvalue weighted by Gasteiger charge is -2.26. The Labute approximate surface area is 232 Å². The number of nitrogens with one attached hydrogen (secondary N) is 2. The molecule has 0 bridgehead atoms. The molecule has 0 atom stereocenters. The van der Waals surface area contributed by atoms with Gasteiger partial charge in [-0.05, 0) is 41.5 Å². The number of amides is 1. The first-order chi connectivity index (χ1) is 17.9. The molecular formula is C26H28Cl2N6O2S. The highest BCUT2D eigenvalue weighted by Gasteiger charge is 2.15. The molecule has 2 aromatic carbocycles. The van der Waals surface area contributed by atoms with Crippen LogP contribution in [0.2, 0.25) is 10.0 Å². The number of rotatable bonds is 12. The second-order valence-electron chi connectivity index (χ2n) is 8.21. The fourth-order valence-electron chi connectivity index (χ4n) is 3.58. The topological polar surface area (TPSA) is 95.2 Å². The number of benzene rings is 2. The number of thiocarbonyl (C=S) groups is 1. The Hall–Kier alpha value is -3.16. The zero-order chi connectivity index (χ0) is 26.6. The van der Waals surface area contributed by atoms with Gasteiger partial charge in [0.05, 0.1) is 41.0 Å². The Kier molecular flexibility index (Phi) is 11.2. The summed E-state index contributed by atoms with van der Waals surface area (Å²) in [5.74, 6) is -0.124. The van der Waals surface area contributed by atoms with E-state index in [4.69, 9.17) is 45.4 Å². The smallest absolute Gasteiger partial charge is 0.226 e. The van der Waals surface area contributed by atoms with Crippen LogP contribution in [0.4, 0.5) is 0 Å². The van der Waals surface area contributed by atoms with Gasteiger partial charge < -0.3 is 24.8 Å². The van der Waals surface area contributed by atoms with E-state index in [0.29, 0.717) is 60.1 Å². The third-order valence-electron chi connectivity index (χ3n) is 5.54. The molecule has 0 fully saturated rings. The molecule has 0 spiro atoms. The number of nitrogens with zero attached hydrogens (tertiary/aromatic N) is 4. The largest absolute Gasteiger partial charge is 0.383 e. The molecule has 1 aromatic heterocycles. The summed E-state index contributed by atoms with van der Waals surface area (Å²) in [6, 6.07) is 14.9. The van der Waals surface area contributed by atoms with E-state index < -0.39 is 0 Å². The highest BCUT2D eigenvalue weighted by Crippen LogP contribution is 2.26. The molecule has 0 unspecified atom stereocenters. The Morgan fingerprint density at radius 1 is 1.19 bits per heavy atom. The molecular weight excluding hydrogens is 531 g/mol. The molecule has 0 saturated carbocycles. The second-order valence-corrected chi connectivity index (χ2v) is 9.38. The predicted octanol–water partition coefficient (Wildman–Crippen LogP) is 3.79. The zero-order valence-electron chi connectivity index (χ0n) is 20.4. The van der Waals surface area contributed by atoms with E-state index in [0.717, 1.165) is 16.8 Å². The molecule has 37 heavy (non-hydrogen) atoms. The van der Waals surface area contributed by atoms with Crippen molar-refractivity contribution < 1.29 is 9.53 Å².